The van der Waals surface area contributed by atoms with Gasteiger partial charge in [-0.1, -0.05) is 26.8 Å². The van der Waals surface area contributed by atoms with Crippen LogP contribution in [-0.4, -0.2) is 47.8 Å². The van der Waals surface area contributed by atoms with Crippen LogP contribution in [-0.2, 0) is 9.59 Å². The summed E-state index contributed by atoms with van der Waals surface area (Å²) in [7, 11) is 0. The van der Waals surface area contributed by atoms with Gasteiger partial charge in [0, 0.05) is 48.3 Å². The lowest BCUT2D eigenvalue weighted by Gasteiger charge is -2.37. The summed E-state index contributed by atoms with van der Waals surface area (Å²) in [6.45, 7) is 8.52. The van der Waals surface area contributed by atoms with E-state index in [-0.39, 0.29) is 23.1 Å². The highest BCUT2D eigenvalue weighted by Crippen LogP contribution is 2.50. The molecule has 2 unspecified atom stereocenters. The Hall–Kier alpha value is -1.36. The van der Waals surface area contributed by atoms with Crippen molar-refractivity contribution >= 4 is 23.2 Å². The van der Waals surface area contributed by atoms with Crippen LogP contribution in [0.4, 0.5) is 0 Å². The first-order valence-corrected chi connectivity index (χ1v) is 8.87. The number of carbonyl (C=O) groups is 2. The molecule has 0 bridgehead atoms. The molecule has 0 radical (unpaired) electrons. The van der Waals surface area contributed by atoms with Crippen molar-refractivity contribution in [1.82, 2.24) is 9.80 Å². The number of rotatable bonds is 2. The second-order valence-electron chi connectivity index (χ2n) is 7.33. The molecular weight excluding hydrogens is 296 g/mol. The molecule has 120 valence electrons. The molecule has 1 aliphatic heterocycles. The fourth-order valence-electron chi connectivity index (χ4n) is 3.12. The Labute approximate surface area is 136 Å². The Balaban J connectivity index is 1.52. The second-order valence-corrected chi connectivity index (χ2v) is 8.31. The number of amides is 2. The maximum Gasteiger partial charge on any atom is 0.228 e. The van der Waals surface area contributed by atoms with Gasteiger partial charge in [0.1, 0.15) is 0 Å². The fourth-order valence-corrected chi connectivity index (χ4v) is 4.03. The largest absolute Gasteiger partial charge is 0.339 e. The topological polar surface area (TPSA) is 40.6 Å². The van der Waals surface area contributed by atoms with Gasteiger partial charge >= 0.3 is 0 Å². The highest BCUT2D eigenvalue weighted by molar-refractivity contribution is 7.10. The van der Waals surface area contributed by atoms with Gasteiger partial charge in [0.25, 0.3) is 0 Å². The zero-order chi connectivity index (χ0) is 15.9. The maximum atomic E-state index is 12.6. The van der Waals surface area contributed by atoms with Gasteiger partial charge in [0.15, 0.2) is 0 Å². The minimum atomic E-state index is -0.340. The van der Waals surface area contributed by atoms with E-state index in [1.165, 1.54) is 4.88 Å². The molecule has 22 heavy (non-hydrogen) atoms. The van der Waals surface area contributed by atoms with Crippen LogP contribution >= 0.6 is 11.3 Å². The van der Waals surface area contributed by atoms with Crippen LogP contribution in [0.5, 0.6) is 0 Å². The second kappa shape index (κ2) is 5.69. The molecule has 2 amide bonds. The van der Waals surface area contributed by atoms with Gasteiger partial charge in [-0.15, -0.1) is 11.3 Å². The Morgan fingerprint density at radius 1 is 1.14 bits per heavy atom. The molecule has 1 aromatic rings. The zero-order valence-electron chi connectivity index (χ0n) is 13.5. The molecule has 3 rings (SSSR count). The molecule has 2 heterocycles. The van der Waals surface area contributed by atoms with Crippen molar-refractivity contribution in [1.29, 1.82) is 0 Å². The van der Waals surface area contributed by atoms with Gasteiger partial charge in [-0.05, 0) is 17.9 Å². The van der Waals surface area contributed by atoms with Crippen LogP contribution < -0.4 is 0 Å². The smallest absolute Gasteiger partial charge is 0.228 e. The van der Waals surface area contributed by atoms with E-state index < -0.39 is 0 Å². The molecule has 0 spiro atoms. The first-order valence-electron chi connectivity index (χ1n) is 7.99. The molecule has 1 saturated heterocycles. The third-order valence-corrected chi connectivity index (χ3v) is 5.54. The average Bonchev–Trinajstić information content (AvgIpc) is 3.10. The summed E-state index contributed by atoms with van der Waals surface area (Å²) >= 11 is 1.74. The highest BCUT2D eigenvalue weighted by atomic mass is 32.1. The summed E-state index contributed by atoms with van der Waals surface area (Å²) < 4.78 is 0. The van der Waals surface area contributed by atoms with Gasteiger partial charge in [0.05, 0.1) is 0 Å². The number of hydrogen-bond acceptors (Lipinski definition) is 3. The minimum absolute atomic E-state index is 0.170. The number of carbonyl (C=O) groups excluding carboxylic acids is 2. The van der Waals surface area contributed by atoms with Crippen LogP contribution in [0.1, 0.15) is 38.0 Å². The Kier molecular flexibility index (Phi) is 4.02. The predicted molar refractivity (Wildman–Crippen MR) is 87.8 cm³/mol. The Bertz CT molecular complexity index is 554. The zero-order valence-corrected chi connectivity index (χ0v) is 14.4. The van der Waals surface area contributed by atoms with Crippen LogP contribution in [0.15, 0.2) is 17.5 Å². The minimum Gasteiger partial charge on any atom is -0.339 e. The molecule has 1 saturated carbocycles. The molecule has 1 aliphatic carbocycles. The van der Waals surface area contributed by atoms with Gasteiger partial charge in [-0.3, -0.25) is 9.59 Å². The Morgan fingerprint density at radius 3 is 2.32 bits per heavy atom. The van der Waals surface area contributed by atoms with Crippen LogP contribution in [0, 0.1) is 11.3 Å². The van der Waals surface area contributed by atoms with Crippen molar-refractivity contribution in [3.63, 3.8) is 0 Å². The first-order chi connectivity index (χ1) is 10.4. The molecule has 5 heteroatoms. The molecule has 2 fully saturated rings. The lowest BCUT2D eigenvalue weighted by atomic mass is 9.94. The molecule has 0 N–H and O–H groups in total. The summed E-state index contributed by atoms with van der Waals surface area (Å²) in [5, 5.41) is 2.08. The van der Waals surface area contributed by atoms with E-state index in [9.17, 15) is 9.59 Å². The van der Waals surface area contributed by atoms with Crippen LogP contribution in [0.25, 0.3) is 0 Å². The van der Waals surface area contributed by atoms with E-state index in [4.69, 9.17) is 0 Å². The van der Waals surface area contributed by atoms with Crippen molar-refractivity contribution in [3.05, 3.63) is 22.4 Å². The molecule has 0 aromatic carbocycles. The van der Waals surface area contributed by atoms with Crippen molar-refractivity contribution in [2.75, 3.05) is 26.2 Å². The number of piperazine rings is 1. The molecule has 2 aliphatic rings. The van der Waals surface area contributed by atoms with Crippen molar-refractivity contribution in [3.8, 4) is 0 Å². The molecule has 4 nitrogen and oxygen atoms in total. The average molecular weight is 320 g/mol. The van der Waals surface area contributed by atoms with E-state index in [1.54, 1.807) is 11.3 Å². The van der Waals surface area contributed by atoms with Crippen LogP contribution in [0.3, 0.4) is 0 Å². The lowest BCUT2D eigenvalue weighted by molar-refractivity contribution is -0.145. The van der Waals surface area contributed by atoms with Crippen molar-refractivity contribution < 1.29 is 9.59 Å². The first kappa shape index (κ1) is 15.5. The standard InChI is InChI=1S/C17H24N2O2S/c1-17(2,3)16(21)19-8-6-18(7-9-19)15(20)13-11-12(13)14-5-4-10-22-14/h4-5,10,12-13H,6-9,11H2,1-3H3. The monoisotopic (exact) mass is 320 g/mol. The summed E-state index contributed by atoms with van der Waals surface area (Å²) in [6.07, 6.45) is 0.987. The van der Waals surface area contributed by atoms with E-state index in [0.717, 1.165) is 6.42 Å². The van der Waals surface area contributed by atoms with Crippen molar-refractivity contribution in [2.24, 2.45) is 11.3 Å². The van der Waals surface area contributed by atoms with Crippen LogP contribution in [0.2, 0.25) is 0 Å². The third kappa shape index (κ3) is 3.05. The molecule has 2 atom stereocenters. The molecular formula is C17H24N2O2S. The normalized spacial score (nSPS) is 25.2. The lowest BCUT2D eigenvalue weighted by Crippen LogP contribution is -2.53. The van der Waals surface area contributed by atoms with Gasteiger partial charge in [-0.2, -0.15) is 0 Å². The maximum absolute atomic E-state index is 12.6. The highest BCUT2D eigenvalue weighted by Gasteiger charge is 2.46. The third-order valence-electron chi connectivity index (χ3n) is 4.54. The number of thiophene rings is 1. The summed E-state index contributed by atoms with van der Waals surface area (Å²) in [5.41, 5.74) is -0.340. The van der Waals surface area contributed by atoms with Gasteiger partial charge in [-0.25, -0.2) is 0 Å². The molecule has 1 aromatic heterocycles. The van der Waals surface area contributed by atoms with E-state index >= 15 is 0 Å². The van der Waals surface area contributed by atoms with E-state index in [1.807, 2.05) is 30.6 Å². The van der Waals surface area contributed by atoms with Gasteiger partial charge < -0.3 is 9.80 Å². The quantitative estimate of drug-likeness (QED) is 0.840. The SMILES string of the molecule is CC(C)(C)C(=O)N1CCN(C(=O)C2CC2c2cccs2)CC1. The number of nitrogens with zero attached hydrogens (tertiary/aromatic N) is 2. The summed E-state index contributed by atoms with van der Waals surface area (Å²) in [4.78, 5) is 30.0. The predicted octanol–water partition coefficient (Wildman–Crippen LogP) is 2.57. The number of hydrogen-bond donors (Lipinski definition) is 0. The van der Waals surface area contributed by atoms with Gasteiger partial charge in [0.2, 0.25) is 11.8 Å². The fraction of sp³-hybridized carbons (Fsp3) is 0.647. The Morgan fingerprint density at radius 2 is 1.77 bits per heavy atom. The van der Waals surface area contributed by atoms with Crippen molar-refractivity contribution in [2.45, 2.75) is 33.1 Å². The van der Waals surface area contributed by atoms with E-state index in [0.29, 0.717) is 32.1 Å². The summed E-state index contributed by atoms with van der Waals surface area (Å²) in [6, 6.07) is 4.18. The van der Waals surface area contributed by atoms with E-state index in [2.05, 4.69) is 17.5 Å². The summed E-state index contributed by atoms with van der Waals surface area (Å²) in [5.74, 6) is 1.06.